The molecule has 0 saturated heterocycles. The highest BCUT2D eigenvalue weighted by Gasteiger charge is 1.88. The third-order valence-corrected chi connectivity index (χ3v) is 1.73. The van der Waals surface area contributed by atoms with Gasteiger partial charge in [-0.15, -0.1) is 0 Å². The molecule has 0 N–H and O–H groups in total. The molecule has 0 aromatic carbocycles. The quantitative estimate of drug-likeness (QED) is 0.714. The van der Waals surface area contributed by atoms with Gasteiger partial charge in [0.1, 0.15) is 0 Å². The first-order chi connectivity index (χ1) is 5.33. The van der Waals surface area contributed by atoms with Crippen LogP contribution in [-0.4, -0.2) is 10.3 Å². The fraction of sp³-hybridized carbons (Fsp3) is 0.125. The van der Waals surface area contributed by atoms with Gasteiger partial charge in [-0.3, -0.25) is 4.98 Å². The van der Waals surface area contributed by atoms with Crippen LogP contribution in [0.3, 0.4) is 0 Å². The van der Waals surface area contributed by atoms with Gasteiger partial charge in [0.15, 0.2) is 0 Å². The van der Waals surface area contributed by atoms with Gasteiger partial charge in [0, 0.05) is 16.5 Å². The van der Waals surface area contributed by atoms with Crippen LogP contribution in [0, 0.1) is 0 Å². The summed E-state index contributed by atoms with van der Waals surface area (Å²) in [6, 6.07) is 3.58. The largest absolute Gasteiger partial charge is 0.257 e. The second kappa shape index (κ2) is 4.52. The topological polar surface area (TPSA) is 12.9 Å². The Labute approximate surface area is 79.2 Å². The normalized spacial score (nSPS) is 10.7. The van der Waals surface area contributed by atoms with Crippen LogP contribution >= 0.6 is 27.5 Å². The van der Waals surface area contributed by atoms with E-state index in [9.17, 15) is 0 Å². The highest BCUT2D eigenvalue weighted by molar-refractivity contribution is 9.09. The van der Waals surface area contributed by atoms with Crippen molar-refractivity contribution in [1.29, 1.82) is 0 Å². The van der Waals surface area contributed by atoms with Crippen LogP contribution in [0.5, 0.6) is 0 Å². The molecule has 0 aliphatic carbocycles. The van der Waals surface area contributed by atoms with Gasteiger partial charge in [-0.25, -0.2) is 0 Å². The van der Waals surface area contributed by atoms with Gasteiger partial charge in [0.05, 0.1) is 5.69 Å². The number of aromatic nitrogens is 1. The summed E-state index contributed by atoms with van der Waals surface area (Å²) in [5.41, 5.74) is 0.886. The van der Waals surface area contributed by atoms with Crippen molar-refractivity contribution < 1.29 is 0 Å². The molecular formula is C8H7BrClN. The van der Waals surface area contributed by atoms with Gasteiger partial charge >= 0.3 is 0 Å². The highest BCUT2D eigenvalue weighted by atomic mass is 79.9. The summed E-state index contributed by atoms with van der Waals surface area (Å²) in [5.74, 6) is 0. The summed E-state index contributed by atoms with van der Waals surface area (Å²) in [7, 11) is 0. The van der Waals surface area contributed by atoms with Crippen molar-refractivity contribution in [2.24, 2.45) is 0 Å². The van der Waals surface area contributed by atoms with Crippen molar-refractivity contribution >= 4 is 33.6 Å². The van der Waals surface area contributed by atoms with E-state index in [1.807, 2.05) is 18.2 Å². The SMILES string of the molecule is Clc1ccnc(C=CCBr)c1. The van der Waals surface area contributed by atoms with E-state index < -0.39 is 0 Å². The molecule has 0 radical (unpaired) electrons. The molecule has 0 saturated carbocycles. The first-order valence-corrected chi connectivity index (χ1v) is 4.67. The Morgan fingerprint density at radius 1 is 1.64 bits per heavy atom. The van der Waals surface area contributed by atoms with Gasteiger partial charge in [-0.1, -0.05) is 33.6 Å². The second-order valence-electron chi connectivity index (χ2n) is 1.96. The third kappa shape index (κ3) is 3.04. The minimum absolute atomic E-state index is 0.717. The van der Waals surface area contributed by atoms with Gasteiger partial charge in [0.25, 0.3) is 0 Å². The maximum Gasteiger partial charge on any atom is 0.0641 e. The van der Waals surface area contributed by atoms with Crippen LogP contribution in [-0.2, 0) is 0 Å². The lowest BCUT2D eigenvalue weighted by atomic mass is 10.3. The Morgan fingerprint density at radius 3 is 3.09 bits per heavy atom. The Morgan fingerprint density at radius 2 is 2.45 bits per heavy atom. The lowest BCUT2D eigenvalue weighted by Crippen LogP contribution is -1.77. The summed E-state index contributed by atoms with van der Waals surface area (Å²) in [6.07, 6.45) is 5.58. The Bertz CT molecular complexity index is 260. The van der Waals surface area contributed by atoms with E-state index in [-0.39, 0.29) is 0 Å². The van der Waals surface area contributed by atoms with Crippen molar-refractivity contribution in [2.75, 3.05) is 5.33 Å². The molecule has 0 spiro atoms. The van der Waals surface area contributed by atoms with Gasteiger partial charge in [-0.05, 0) is 18.2 Å². The molecule has 1 aromatic heterocycles. The maximum absolute atomic E-state index is 5.74. The van der Waals surface area contributed by atoms with Crippen molar-refractivity contribution in [1.82, 2.24) is 4.98 Å². The molecule has 1 heterocycles. The molecule has 0 bridgehead atoms. The van der Waals surface area contributed by atoms with Gasteiger partial charge < -0.3 is 0 Å². The first kappa shape index (κ1) is 8.75. The van der Waals surface area contributed by atoms with Crippen LogP contribution in [0.4, 0.5) is 0 Å². The zero-order valence-corrected chi connectivity index (χ0v) is 8.14. The number of pyridine rings is 1. The Balaban J connectivity index is 2.79. The predicted octanol–water partition coefficient (Wildman–Crippen LogP) is 3.14. The highest BCUT2D eigenvalue weighted by Crippen LogP contribution is 2.08. The third-order valence-electron chi connectivity index (χ3n) is 1.12. The van der Waals surface area contributed by atoms with E-state index in [2.05, 4.69) is 20.9 Å². The molecule has 11 heavy (non-hydrogen) atoms. The molecular weight excluding hydrogens is 225 g/mol. The molecule has 0 amide bonds. The molecule has 0 aliphatic heterocycles. The molecule has 3 heteroatoms. The summed E-state index contributed by atoms with van der Waals surface area (Å²) < 4.78 is 0. The van der Waals surface area contributed by atoms with E-state index in [4.69, 9.17) is 11.6 Å². The van der Waals surface area contributed by atoms with Crippen molar-refractivity contribution in [3.05, 3.63) is 35.1 Å². The minimum atomic E-state index is 0.717. The monoisotopic (exact) mass is 231 g/mol. The zero-order chi connectivity index (χ0) is 8.10. The predicted molar refractivity (Wildman–Crippen MR) is 52.1 cm³/mol. The minimum Gasteiger partial charge on any atom is -0.257 e. The number of hydrogen-bond acceptors (Lipinski definition) is 1. The van der Waals surface area contributed by atoms with E-state index in [0.717, 1.165) is 11.0 Å². The summed E-state index contributed by atoms with van der Waals surface area (Å²) >= 11 is 9.02. The van der Waals surface area contributed by atoms with E-state index in [1.54, 1.807) is 12.3 Å². The molecule has 0 unspecified atom stereocenters. The fourth-order valence-electron chi connectivity index (χ4n) is 0.678. The van der Waals surface area contributed by atoms with E-state index >= 15 is 0 Å². The van der Waals surface area contributed by atoms with Crippen molar-refractivity contribution in [3.8, 4) is 0 Å². The van der Waals surface area contributed by atoms with Crippen LogP contribution in [0.1, 0.15) is 5.69 Å². The van der Waals surface area contributed by atoms with Crippen LogP contribution in [0.2, 0.25) is 5.02 Å². The standard InChI is InChI=1S/C8H7BrClN/c9-4-1-2-8-6-7(10)3-5-11-8/h1-3,5-6H,4H2. The molecule has 1 rings (SSSR count). The summed E-state index contributed by atoms with van der Waals surface area (Å²) in [4.78, 5) is 4.08. The van der Waals surface area contributed by atoms with Crippen LogP contribution in [0.25, 0.3) is 6.08 Å². The van der Waals surface area contributed by atoms with Crippen LogP contribution in [0.15, 0.2) is 24.4 Å². The van der Waals surface area contributed by atoms with E-state index in [1.165, 1.54) is 0 Å². The lowest BCUT2D eigenvalue weighted by Gasteiger charge is -1.91. The number of halogens is 2. The Kier molecular flexibility index (Phi) is 3.60. The smallest absolute Gasteiger partial charge is 0.0641 e. The summed E-state index contributed by atoms with van der Waals surface area (Å²) in [6.45, 7) is 0. The number of allylic oxidation sites excluding steroid dienone is 1. The average molecular weight is 233 g/mol. The molecule has 0 aliphatic rings. The maximum atomic E-state index is 5.74. The number of hydrogen-bond donors (Lipinski definition) is 0. The zero-order valence-electron chi connectivity index (χ0n) is 5.80. The lowest BCUT2D eigenvalue weighted by molar-refractivity contribution is 1.29. The number of rotatable bonds is 2. The van der Waals surface area contributed by atoms with Crippen LogP contribution < -0.4 is 0 Å². The van der Waals surface area contributed by atoms with Gasteiger partial charge in [-0.2, -0.15) is 0 Å². The van der Waals surface area contributed by atoms with Crippen molar-refractivity contribution in [3.63, 3.8) is 0 Å². The average Bonchev–Trinajstić information content (AvgIpc) is 2.01. The van der Waals surface area contributed by atoms with E-state index in [0.29, 0.717) is 5.02 Å². The molecule has 1 aromatic rings. The number of alkyl halides is 1. The number of nitrogens with zero attached hydrogens (tertiary/aromatic N) is 1. The molecule has 0 fully saturated rings. The summed E-state index contributed by atoms with van der Waals surface area (Å²) in [5, 5.41) is 1.55. The van der Waals surface area contributed by atoms with Gasteiger partial charge in [0.2, 0.25) is 0 Å². The second-order valence-corrected chi connectivity index (χ2v) is 3.04. The first-order valence-electron chi connectivity index (χ1n) is 3.17. The van der Waals surface area contributed by atoms with Crippen molar-refractivity contribution in [2.45, 2.75) is 0 Å². The molecule has 58 valence electrons. The fourth-order valence-corrected chi connectivity index (χ4v) is 1.03. The molecule has 1 nitrogen and oxygen atoms in total. The molecule has 0 atom stereocenters. The Hall–Kier alpha value is -0.340.